The van der Waals surface area contributed by atoms with Crippen LogP contribution in [0.15, 0.2) is 54.6 Å². The molecule has 1 fully saturated rings. The molecule has 0 spiro atoms. The molecule has 6 nitrogen and oxygen atoms in total. The molecular weight excluding hydrogens is 497 g/mol. The number of aromatic nitrogens is 1. The lowest BCUT2D eigenvalue weighted by Crippen LogP contribution is -2.23. The van der Waals surface area contributed by atoms with Gasteiger partial charge in [0.25, 0.3) is 5.91 Å². The second-order valence-electron chi connectivity index (χ2n) is 10.2. The summed E-state index contributed by atoms with van der Waals surface area (Å²) in [6.45, 7) is 3.27. The highest BCUT2D eigenvalue weighted by atomic mass is 19.4. The number of fused-ring (bicyclic) bond motifs is 1. The Kier molecular flexibility index (Phi) is 6.92. The minimum atomic E-state index is -4.49. The maximum absolute atomic E-state index is 13.7. The molecule has 2 aliphatic rings. The minimum absolute atomic E-state index is 0.0241. The number of carbonyl (C=O) groups excluding carboxylic acids is 1. The molecular formula is C29H29F3N2O4. The molecule has 0 bridgehead atoms. The Balaban J connectivity index is 1.58. The molecule has 3 heterocycles. The van der Waals surface area contributed by atoms with Gasteiger partial charge in [0.1, 0.15) is 5.75 Å². The number of halogens is 3. The highest BCUT2D eigenvalue weighted by Crippen LogP contribution is 2.40. The summed E-state index contributed by atoms with van der Waals surface area (Å²) in [5, 5.41) is 10.3. The third-order valence-corrected chi connectivity index (χ3v) is 6.93. The van der Waals surface area contributed by atoms with E-state index in [1.54, 1.807) is 67.3 Å². The number of amides is 1. The Labute approximate surface area is 219 Å². The number of benzene rings is 2. The topological polar surface area (TPSA) is 71.9 Å². The fourth-order valence-electron chi connectivity index (χ4n) is 4.93. The van der Waals surface area contributed by atoms with Crippen molar-refractivity contribution < 1.29 is 32.5 Å². The van der Waals surface area contributed by atoms with Gasteiger partial charge in [-0.3, -0.25) is 9.78 Å². The summed E-state index contributed by atoms with van der Waals surface area (Å²) < 4.78 is 49.7. The fourth-order valence-corrected chi connectivity index (χ4v) is 4.93. The number of hydrogen-bond donors (Lipinski definition) is 1. The van der Waals surface area contributed by atoms with Crippen molar-refractivity contribution >= 4 is 11.6 Å². The average molecular weight is 527 g/mol. The first-order valence-corrected chi connectivity index (χ1v) is 12.6. The summed E-state index contributed by atoms with van der Waals surface area (Å²) in [5.41, 5.74) is 2.94. The third kappa shape index (κ3) is 5.39. The van der Waals surface area contributed by atoms with Crippen LogP contribution in [0.2, 0.25) is 0 Å². The first-order valence-electron chi connectivity index (χ1n) is 12.6. The number of anilines is 1. The Morgan fingerprint density at radius 2 is 1.84 bits per heavy atom. The second-order valence-corrected chi connectivity index (χ2v) is 10.2. The van der Waals surface area contributed by atoms with Crippen LogP contribution in [0.4, 0.5) is 18.9 Å². The molecule has 0 radical (unpaired) electrons. The van der Waals surface area contributed by atoms with Gasteiger partial charge in [-0.1, -0.05) is 24.3 Å². The van der Waals surface area contributed by atoms with Gasteiger partial charge < -0.3 is 19.5 Å². The molecule has 9 heteroatoms. The van der Waals surface area contributed by atoms with Gasteiger partial charge in [0, 0.05) is 40.6 Å². The molecule has 1 amide bonds. The maximum atomic E-state index is 13.7. The van der Waals surface area contributed by atoms with E-state index in [0.717, 1.165) is 12.8 Å². The van der Waals surface area contributed by atoms with Crippen LogP contribution in [0.5, 0.6) is 5.75 Å². The summed E-state index contributed by atoms with van der Waals surface area (Å²) >= 11 is 0. The van der Waals surface area contributed by atoms with Crippen molar-refractivity contribution in [3.8, 4) is 17.0 Å². The molecule has 3 aromatic rings. The largest absolute Gasteiger partial charge is 0.483 e. The van der Waals surface area contributed by atoms with Gasteiger partial charge in [0.05, 0.1) is 24.4 Å². The first-order chi connectivity index (χ1) is 18.0. The van der Waals surface area contributed by atoms with Crippen LogP contribution in [0.3, 0.4) is 0 Å². The first kappa shape index (κ1) is 26.2. The molecule has 1 unspecified atom stereocenters. The molecule has 5 rings (SSSR count). The highest BCUT2D eigenvalue weighted by molar-refractivity contribution is 6.11. The van der Waals surface area contributed by atoms with E-state index in [4.69, 9.17) is 14.5 Å². The van der Waals surface area contributed by atoms with Crippen LogP contribution in [-0.2, 0) is 16.9 Å². The van der Waals surface area contributed by atoms with Crippen molar-refractivity contribution in [2.45, 2.75) is 50.9 Å². The van der Waals surface area contributed by atoms with Gasteiger partial charge in [0.2, 0.25) is 0 Å². The summed E-state index contributed by atoms with van der Waals surface area (Å²) in [6, 6.07) is 15.4. The average Bonchev–Trinajstić information content (AvgIpc) is 3.23. The van der Waals surface area contributed by atoms with Gasteiger partial charge in [-0.05, 0) is 62.6 Å². The van der Waals surface area contributed by atoms with Crippen molar-refractivity contribution in [3.05, 3.63) is 77.0 Å². The van der Waals surface area contributed by atoms with Crippen LogP contribution in [0.25, 0.3) is 11.3 Å². The van der Waals surface area contributed by atoms with Gasteiger partial charge in [0.15, 0.2) is 6.61 Å². The van der Waals surface area contributed by atoms with Crippen LogP contribution in [0.1, 0.15) is 59.8 Å². The molecule has 1 saturated heterocycles. The zero-order chi connectivity index (χ0) is 27.1. The molecule has 2 aliphatic heterocycles. The lowest BCUT2D eigenvalue weighted by Gasteiger charge is -2.23. The predicted molar refractivity (Wildman–Crippen MR) is 136 cm³/mol. The van der Waals surface area contributed by atoms with Crippen molar-refractivity contribution in [1.29, 1.82) is 0 Å². The van der Waals surface area contributed by atoms with Crippen LogP contribution in [0, 0.1) is 0 Å². The Morgan fingerprint density at radius 1 is 1.11 bits per heavy atom. The number of nitrogens with zero attached hydrogens (tertiary/aromatic N) is 2. The van der Waals surface area contributed by atoms with Crippen LogP contribution in [-0.4, -0.2) is 42.0 Å². The Bertz CT molecular complexity index is 1330. The van der Waals surface area contributed by atoms with E-state index in [2.05, 4.69) is 0 Å². The van der Waals surface area contributed by atoms with E-state index < -0.39 is 18.4 Å². The molecule has 0 aliphatic carbocycles. The molecule has 1 N–H and O–H groups in total. The lowest BCUT2D eigenvalue weighted by molar-refractivity contribution is -0.153. The lowest BCUT2D eigenvalue weighted by atomic mass is 9.94. The summed E-state index contributed by atoms with van der Waals surface area (Å²) in [4.78, 5) is 20.2. The van der Waals surface area contributed by atoms with E-state index in [1.165, 1.54) is 6.07 Å². The number of aliphatic hydroxyl groups is 1. The normalized spacial score (nSPS) is 18.0. The Hall–Kier alpha value is -3.43. The molecule has 0 saturated carbocycles. The minimum Gasteiger partial charge on any atom is -0.483 e. The van der Waals surface area contributed by atoms with Gasteiger partial charge >= 0.3 is 6.18 Å². The molecule has 2 aromatic carbocycles. The van der Waals surface area contributed by atoms with E-state index in [9.17, 15) is 23.1 Å². The van der Waals surface area contributed by atoms with Crippen molar-refractivity contribution in [1.82, 2.24) is 4.98 Å². The van der Waals surface area contributed by atoms with Crippen molar-refractivity contribution in [3.63, 3.8) is 0 Å². The SMILES string of the molecule is CC(C)(O)c1ccc(N2Cc3c(cc(C4CCCOC4)nc3-c3ccccc3OCC(F)(F)F)C2=O)cc1. The number of alkyl halides is 3. The van der Waals surface area contributed by atoms with E-state index in [-0.39, 0.29) is 24.1 Å². The third-order valence-electron chi connectivity index (χ3n) is 6.93. The summed E-state index contributed by atoms with van der Waals surface area (Å²) in [6.07, 6.45) is -2.79. The van der Waals surface area contributed by atoms with Crippen molar-refractivity contribution in [2.24, 2.45) is 0 Å². The van der Waals surface area contributed by atoms with Crippen LogP contribution >= 0.6 is 0 Å². The number of rotatable bonds is 6. The zero-order valence-electron chi connectivity index (χ0n) is 21.2. The highest BCUT2D eigenvalue weighted by Gasteiger charge is 2.35. The predicted octanol–water partition coefficient (Wildman–Crippen LogP) is 5.97. The quantitative estimate of drug-likeness (QED) is 0.429. The van der Waals surface area contributed by atoms with E-state index >= 15 is 0 Å². The van der Waals surface area contributed by atoms with Crippen molar-refractivity contribution in [2.75, 3.05) is 24.7 Å². The molecule has 1 atom stereocenters. The van der Waals surface area contributed by atoms with Crippen LogP contribution < -0.4 is 9.64 Å². The Morgan fingerprint density at radius 3 is 2.50 bits per heavy atom. The van der Waals surface area contributed by atoms with Gasteiger partial charge in [-0.2, -0.15) is 13.2 Å². The number of pyridine rings is 1. The maximum Gasteiger partial charge on any atom is 0.422 e. The number of hydrogen-bond acceptors (Lipinski definition) is 5. The smallest absolute Gasteiger partial charge is 0.422 e. The van der Waals surface area contributed by atoms with Gasteiger partial charge in [-0.25, -0.2) is 0 Å². The zero-order valence-corrected chi connectivity index (χ0v) is 21.2. The standard InChI is InChI=1S/C29H29F3N2O4/c1-28(2,36)19-9-11-20(12-10-19)34-15-23-22(27(34)35)14-24(18-6-5-13-37-16-18)33-26(23)21-7-3-4-8-25(21)38-17-29(30,31)32/h3-4,7-12,14,18,36H,5-6,13,15-17H2,1-2H3. The summed E-state index contributed by atoms with van der Waals surface area (Å²) in [7, 11) is 0. The fraction of sp³-hybridized carbons (Fsp3) is 0.379. The van der Waals surface area contributed by atoms with E-state index in [1.807, 2.05) is 0 Å². The molecule has 1 aromatic heterocycles. The van der Waals surface area contributed by atoms with Gasteiger partial charge in [-0.15, -0.1) is 0 Å². The molecule has 38 heavy (non-hydrogen) atoms. The summed E-state index contributed by atoms with van der Waals surface area (Å²) in [5.74, 6) is -0.188. The van der Waals surface area contributed by atoms with E-state index in [0.29, 0.717) is 52.5 Å². The number of para-hydroxylation sites is 1. The molecule has 200 valence electrons. The number of carbonyl (C=O) groups is 1. The second kappa shape index (κ2) is 10.0. The number of ether oxygens (including phenoxy) is 2. The monoisotopic (exact) mass is 526 g/mol.